The van der Waals surface area contributed by atoms with Crippen LogP contribution < -0.4 is 11.1 Å². The quantitative estimate of drug-likeness (QED) is 0.879. The Balaban J connectivity index is 0.00000162. The zero-order valence-corrected chi connectivity index (χ0v) is 11.2. The van der Waals surface area contributed by atoms with Gasteiger partial charge in [0.2, 0.25) is 0 Å². The van der Waals surface area contributed by atoms with Gasteiger partial charge in [0, 0.05) is 18.3 Å². The van der Waals surface area contributed by atoms with Crippen molar-refractivity contribution >= 4 is 23.8 Å². The number of hydrogen-bond donors (Lipinski definition) is 2. The van der Waals surface area contributed by atoms with Gasteiger partial charge >= 0.3 is 0 Å². The van der Waals surface area contributed by atoms with Gasteiger partial charge in [-0.3, -0.25) is 4.79 Å². The molecule has 3 N–H and O–H groups in total. The highest BCUT2D eigenvalue weighted by Gasteiger charge is 2.16. The van der Waals surface area contributed by atoms with E-state index in [4.69, 9.17) is 5.73 Å². The van der Waals surface area contributed by atoms with Crippen LogP contribution in [0, 0.1) is 0 Å². The third-order valence-electron chi connectivity index (χ3n) is 2.38. The number of nitrogens with zero attached hydrogens (tertiary/aromatic N) is 2. The Morgan fingerprint density at radius 2 is 2.22 bits per heavy atom. The molecule has 0 bridgehead atoms. The number of aromatic nitrogens is 2. The predicted molar refractivity (Wildman–Crippen MR) is 73.0 cm³/mol. The minimum absolute atomic E-state index is 0. The maximum absolute atomic E-state index is 11.9. The van der Waals surface area contributed by atoms with Crippen LogP contribution in [0.4, 0.5) is 0 Å². The van der Waals surface area contributed by atoms with Crippen molar-refractivity contribution in [3.05, 3.63) is 36.2 Å². The van der Waals surface area contributed by atoms with Crippen LogP contribution in [0.2, 0.25) is 0 Å². The lowest BCUT2D eigenvalue weighted by atomic mass is 10.1. The summed E-state index contributed by atoms with van der Waals surface area (Å²) in [7, 11) is 0. The Morgan fingerprint density at radius 3 is 2.89 bits per heavy atom. The number of hydrogen-bond acceptors (Lipinski definition) is 3. The minimum Gasteiger partial charge on any atom is -0.350 e. The molecular weight excluding hydrogens is 252 g/mol. The van der Waals surface area contributed by atoms with Gasteiger partial charge in [-0.2, -0.15) is 5.10 Å². The second kappa shape index (κ2) is 5.37. The molecule has 2 rings (SSSR count). The molecule has 5 nitrogen and oxygen atoms in total. The second-order valence-electron chi connectivity index (χ2n) is 4.76. The summed E-state index contributed by atoms with van der Waals surface area (Å²) in [4.78, 5) is 11.9. The van der Waals surface area contributed by atoms with E-state index in [1.807, 2.05) is 32.0 Å². The third-order valence-corrected chi connectivity index (χ3v) is 2.38. The van der Waals surface area contributed by atoms with E-state index in [-0.39, 0.29) is 18.3 Å². The molecule has 0 spiro atoms. The van der Waals surface area contributed by atoms with Crippen LogP contribution in [-0.2, 0) is 0 Å². The summed E-state index contributed by atoms with van der Waals surface area (Å²) in [6.45, 7) is 4.16. The van der Waals surface area contributed by atoms with Crippen molar-refractivity contribution in [3.8, 4) is 0 Å². The monoisotopic (exact) mass is 268 g/mol. The lowest BCUT2D eigenvalue weighted by Gasteiger charge is -2.18. The van der Waals surface area contributed by atoms with Crippen molar-refractivity contribution in [3.63, 3.8) is 0 Å². The molecule has 2 aromatic rings. The van der Waals surface area contributed by atoms with Gasteiger partial charge < -0.3 is 11.1 Å². The van der Waals surface area contributed by atoms with E-state index in [0.29, 0.717) is 12.1 Å². The lowest BCUT2D eigenvalue weighted by Crippen LogP contribution is -2.45. The average molecular weight is 269 g/mol. The Bertz CT molecular complexity index is 544. The Labute approximate surface area is 112 Å². The lowest BCUT2D eigenvalue weighted by molar-refractivity contribution is 0.0947. The van der Waals surface area contributed by atoms with Crippen molar-refractivity contribution in [1.82, 2.24) is 14.9 Å². The number of fused-ring (bicyclic) bond motifs is 1. The van der Waals surface area contributed by atoms with Crippen LogP contribution in [0.3, 0.4) is 0 Å². The molecule has 0 aliphatic carbocycles. The highest BCUT2D eigenvalue weighted by Crippen LogP contribution is 2.09. The molecule has 0 fully saturated rings. The highest BCUT2D eigenvalue weighted by molar-refractivity contribution is 6.00. The molecule has 0 saturated heterocycles. The van der Waals surface area contributed by atoms with Crippen LogP contribution in [0.25, 0.3) is 5.52 Å². The molecule has 0 aliphatic rings. The SMILES string of the molecule is CC(C)(N)CNC(=O)c1cnn2ccccc12.Cl. The Hall–Kier alpha value is -1.59. The first kappa shape index (κ1) is 14.5. The van der Waals surface area contributed by atoms with Crippen LogP contribution >= 0.6 is 12.4 Å². The summed E-state index contributed by atoms with van der Waals surface area (Å²) in [5.74, 6) is -0.148. The average Bonchev–Trinajstić information content (AvgIpc) is 2.68. The zero-order valence-electron chi connectivity index (χ0n) is 10.4. The van der Waals surface area contributed by atoms with E-state index in [0.717, 1.165) is 5.52 Å². The number of pyridine rings is 1. The maximum Gasteiger partial charge on any atom is 0.255 e. The van der Waals surface area contributed by atoms with E-state index in [9.17, 15) is 4.79 Å². The first-order chi connectivity index (χ1) is 7.97. The molecule has 18 heavy (non-hydrogen) atoms. The van der Waals surface area contributed by atoms with E-state index in [1.54, 1.807) is 16.9 Å². The summed E-state index contributed by atoms with van der Waals surface area (Å²) in [5, 5.41) is 6.91. The summed E-state index contributed by atoms with van der Waals surface area (Å²) >= 11 is 0. The molecule has 1 amide bonds. The number of nitrogens with two attached hydrogens (primary N) is 1. The number of amides is 1. The third kappa shape index (κ3) is 3.21. The van der Waals surface area contributed by atoms with Crippen molar-refractivity contribution in [2.75, 3.05) is 6.54 Å². The normalized spacial score (nSPS) is 11.1. The summed E-state index contributed by atoms with van der Waals surface area (Å²) in [5.41, 5.74) is 6.75. The number of nitrogens with one attached hydrogen (secondary N) is 1. The molecular formula is C12H17ClN4O. The van der Waals surface area contributed by atoms with Crippen molar-refractivity contribution < 1.29 is 4.79 Å². The van der Waals surface area contributed by atoms with Crippen molar-refractivity contribution in [2.45, 2.75) is 19.4 Å². The molecule has 98 valence electrons. The first-order valence-electron chi connectivity index (χ1n) is 5.47. The first-order valence-corrected chi connectivity index (χ1v) is 5.47. The molecule has 6 heteroatoms. The van der Waals surface area contributed by atoms with Crippen LogP contribution in [0.5, 0.6) is 0 Å². The van der Waals surface area contributed by atoms with Crippen LogP contribution in [-0.4, -0.2) is 27.6 Å². The van der Waals surface area contributed by atoms with E-state index < -0.39 is 5.54 Å². The second-order valence-corrected chi connectivity index (χ2v) is 4.76. The van der Waals surface area contributed by atoms with Gasteiger partial charge in [-0.1, -0.05) is 6.07 Å². The summed E-state index contributed by atoms with van der Waals surface area (Å²) in [6.07, 6.45) is 3.37. The molecule has 0 saturated carbocycles. The maximum atomic E-state index is 11.9. The molecule has 0 aliphatic heterocycles. The minimum atomic E-state index is -0.418. The fraction of sp³-hybridized carbons (Fsp3) is 0.333. The van der Waals surface area contributed by atoms with Gasteiger partial charge in [0.25, 0.3) is 5.91 Å². The van der Waals surface area contributed by atoms with Crippen molar-refractivity contribution in [1.29, 1.82) is 0 Å². The number of carbonyl (C=O) groups excluding carboxylic acids is 1. The smallest absolute Gasteiger partial charge is 0.255 e. The van der Waals surface area contributed by atoms with Gasteiger partial charge in [0.05, 0.1) is 17.3 Å². The number of halogens is 1. The Morgan fingerprint density at radius 1 is 1.50 bits per heavy atom. The molecule has 2 heterocycles. The molecule has 0 atom stereocenters. The van der Waals surface area contributed by atoms with Gasteiger partial charge in [0.1, 0.15) is 0 Å². The molecule has 2 aromatic heterocycles. The molecule has 0 unspecified atom stereocenters. The topological polar surface area (TPSA) is 72.4 Å². The summed E-state index contributed by atoms with van der Waals surface area (Å²) in [6, 6.07) is 5.60. The van der Waals surface area contributed by atoms with E-state index in [2.05, 4.69) is 10.4 Å². The fourth-order valence-electron chi connectivity index (χ4n) is 1.51. The zero-order chi connectivity index (χ0) is 12.5. The standard InChI is InChI=1S/C12H16N4O.ClH/c1-12(2,13)8-14-11(17)9-7-15-16-6-4-3-5-10(9)16;/h3-7H,8,13H2,1-2H3,(H,14,17);1H. The van der Waals surface area contributed by atoms with Gasteiger partial charge in [0.15, 0.2) is 0 Å². The van der Waals surface area contributed by atoms with Gasteiger partial charge in [-0.05, 0) is 26.0 Å². The number of carbonyl (C=O) groups is 1. The summed E-state index contributed by atoms with van der Waals surface area (Å²) < 4.78 is 1.67. The molecule has 0 radical (unpaired) electrons. The fourth-order valence-corrected chi connectivity index (χ4v) is 1.51. The van der Waals surface area contributed by atoms with Crippen LogP contribution in [0.15, 0.2) is 30.6 Å². The number of rotatable bonds is 3. The largest absolute Gasteiger partial charge is 0.350 e. The Kier molecular flexibility index (Phi) is 4.32. The van der Waals surface area contributed by atoms with Crippen LogP contribution in [0.1, 0.15) is 24.2 Å². The van der Waals surface area contributed by atoms with Crippen molar-refractivity contribution in [2.24, 2.45) is 5.73 Å². The predicted octanol–water partition coefficient (Wildman–Crippen LogP) is 1.22. The molecule has 0 aromatic carbocycles. The highest BCUT2D eigenvalue weighted by atomic mass is 35.5. The van der Waals surface area contributed by atoms with E-state index >= 15 is 0 Å². The van der Waals surface area contributed by atoms with Gasteiger partial charge in [-0.15, -0.1) is 12.4 Å². The van der Waals surface area contributed by atoms with E-state index in [1.165, 1.54) is 0 Å². The van der Waals surface area contributed by atoms with Gasteiger partial charge in [-0.25, -0.2) is 4.52 Å².